The third-order valence-electron chi connectivity index (χ3n) is 5.64. The number of amides is 3. The molecule has 11 heteroatoms. The Morgan fingerprint density at radius 3 is 1.81 bits per heavy atom. The van der Waals surface area contributed by atoms with Crippen LogP contribution >= 0.6 is 11.8 Å². The molecule has 0 rings (SSSR count). The van der Waals surface area contributed by atoms with E-state index in [1.54, 1.807) is 13.8 Å². The maximum Gasteiger partial charge on any atom is 0.326 e. The van der Waals surface area contributed by atoms with Crippen molar-refractivity contribution in [3.8, 4) is 0 Å². The molecular formula is C21H40N4O6S. The highest BCUT2D eigenvalue weighted by Crippen LogP contribution is 2.12. The molecule has 0 bridgehead atoms. The lowest BCUT2D eigenvalue weighted by Gasteiger charge is -2.29. The number of aliphatic hydroxyl groups is 1. The first-order chi connectivity index (χ1) is 14.9. The van der Waals surface area contributed by atoms with Gasteiger partial charge in [-0.05, 0) is 37.2 Å². The molecule has 7 N–H and O–H groups in total. The van der Waals surface area contributed by atoms with Crippen molar-refractivity contribution in [2.75, 3.05) is 12.0 Å². The Morgan fingerprint density at radius 1 is 0.875 bits per heavy atom. The summed E-state index contributed by atoms with van der Waals surface area (Å²) >= 11 is 1.49. The van der Waals surface area contributed by atoms with Gasteiger partial charge in [0, 0.05) is 0 Å². The van der Waals surface area contributed by atoms with E-state index >= 15 is 0 Å². The highest BCUT2D eigenvalue weighted by Gasteiger charge is 2.33. The number of hydrogen-bond donors (Lipinski definition) is 6. The minimum Gasteiger partial charge on any atom is -0.480 e. The predicted octanol–water partition coefficient (Wildman–Crippen LogP) is 0.0788. The second-order valence-corrected chi connectivity index (χ2v) is 9.18. The van der Waals surface area contributed by atoms with E-state index in [0.29, 0.717) is 25.0 Å². The second-order valence-electron chi connectivity index (χ2n) is 8.19. The zero-order chi connectivity index (χ0) is 25.0. The van der Waals surface area contributed by atoms with Gasteiger partial charge in [-0.1, -0.05) is 40.5 Å². The first kappa shape index (κ1) is 30.1. The molecule has 0 saturated heterocycles. The first-order valence-electron chi connectivity index (χ1n) is 11.0. The number of rotatable bonds is 15. The third-order valence-corrected chi connectivity index (χ3v) is 6.28. The van der Waals surface area contributed by atoms with Crippen LogP contribution in [0.5, 0.6) is 0 Å². The Bertz CT molecular complexity index is 633. The van der Waals surface area contributed by atoms with Crippen molar-refractivity contribution in [2.45, 2.75) is 84.2 Å². The van der Waals surface area contributed by atoms with Gasteiger partial charge >= 0.3 is 5.97 Å². The lowest BCUT2D eigenvalue weighted by molar-refractivity contribution is -0.144. The van der Waals surface area contributed by atoms with Crippen LogP contribution in [0.2, 0.25) is 0 Å². The minimum atomic E-state index is -1.20. The number of nitrogens with one attached hydrogen (secondary N) is 3. The van der Waals surface area contributed by atoms with Crippen LogP contribution in [0.15, 0.2) is 0 Å². The molecule has 32 heavy (non-hydrogen) atoms. The lowest BCUT2D eigenvalue weighted by atomic mass is 9.96. The Morgan fingerprint density at radius 2 is 1.38 bits per heavy atom. The molecular weight excluding hydrogens is 436 g/mol. The number of thioether (sulfide) groups is 1. The standard InChI is InChI=1S/C21H40N4O6S/c1-7-11(3)16(24-19(28)15(22)13(5)26)20(29)23-14(9-10-32-6)18(27)25-17(21(30)31)12(4)8-2/h11-17,26H,7-10,22H2,1-6H3,(H,23,29)(H,24,28)(H,25,27)(H,30,31). The fraction of sp³-hybridized carbons (Fsp3) is 0.810. The topological polar surface area (TPSA) is 171 Å². The van der Waals surface area contributed by atoms with Crippen molar-refractivity contribution in [1.29, 1.82) is 0 Å². The van der Waals surface area contributed by atoms with Crippen molar-refractivity contribution in [2.24, 2.45) is 17.6 Å². The number of nitrogens with two attached hydrogens (primary N) is 1. The molecule has 0 radical (unpaired) electrons. The van der Waals surface area contributed by atoms with Gasteiger partial charge in [-0.3, -0.25) is 14.4 Å². The van der Waals surface area contributed by atoms with E-state index in [-0.39, 0.29) is 11.8 Å². The Labute approximate surface area is 194 Å². The monoisotopic (exact) mass is 476 g/mol. The lowest BCUT2D eigenvalue weighted by Crippen LogP contribution is -2.60. The minimum absolute atomic E-state index is 0.267. The molecule has 0 heterocycles. The Hall–Kier alpha value is -1.85. The van der Waals surface area contributed by atoms with Crippen molar-refractivity contribution in [3.63, 3.8) is 0 Å². The summed E-state index contributed by atoms with van der Waals surface area (Å²) in [5, 5.41) is 26.8. The van der Waals surface area contributed by atoms with Gasteiger partial charge in [-0.15, -0.1) is 0 Å². The molecule has 0 aromatic carbocycles. The van der Waals surface area contributed by atoms with Crippen LogP contribution < -0.4 is 21.7 Å². The van der Waals surface area contributed by atoms with Gasteiger partial charge in [0.1, 0.15) is 24.2 Å². The average Bonchev–Trinajstić information content (AvgIpc) is 2.75. The van der Waals surface area contributed by atoms with E-state index in [4.69, 9.17) is 5.73 Å². The smallest absolute Gasteiger partial charge is 0.326 e. The molecule has 0 aliphatic rings. The molecule has 0 spiro atoms. The zero-order valence-corrected chi connectivity index (χ0v) is 20.7. The molecule has 186 valence electrons. The van der Waals surface area contributed by atoms with Gasteiger partial charge in [-0.25, -0.2) is 4.79 Å². The van der Waals surface area contributed by atoms with Gasteiger partial charge in [0.25, 0.3) is 0 Å². The number of carbonyl (C=O) groups is 4. The van der Waals surface area contributed by atoms with E-state index < -0.39 is 54.0 Å². The normalized spacial score (nSPS) is 17.8. The van der Waals surface area contributed by atoms with Gasteiger partial charge < -0.3 is 31.9 Å². The summed E-state index contributed by atoms with van der Waals surface area (Å²) in [6.07, 6.45) is 2.18. The summed E-state index contributed by atoms with van der Waals surface area (Å²) in [4.78, 5) is 49.8. The van der Waals surface area contributed by atoms with Crippen LogP contribution in [-0.4, -0.2) is 76.2 Å². The highest BCUT2D eigenvalue weighted by atomic mass is 32.2. The molecule has 7 unspecified atom stereocenters. The molecule has 7 atom stereocenters. The fourth-order valence-corrected chi connectivity index (χ4v) is 3.34. The van der Waals surface area contributed by atoms with Crippen molar-refractivity contribution >= 4 is 35.5 Å². The van der Waals surface area contributed by atoms with E-state index in [1.165, 1.54) is 18.7 Å². The molecule has 0 aliphatic carbocycles. The Kier molecular flexibility index (Phi) is 14.2. The number of hydrogen-bond acceptors (Lipinski definition) is 7. The van der Waals surface area contributed by atoms with Crippen LogP contribution in [0.4, 0.5) is 0 Å². The van der Waals surface area contributed by atoms with Crippen LogP contribution in [0.3, 0.4) is 0 Å². The number of carboxylic acids is 1. The van der Waals surface area contributed by atoms with E-state index in [0.717, 1.165) is 0 Å². The fourth-order valence-electron chi connectivity index (χ4n) is 2.87. The SMILES string of the molecule is CCC(C)C(NC(=O)C(CCSC)NC(=O)C(NC(=O)C(N)C(C)O)C(C)CC)C(=O)O. The summed E-state index contributed by atoms with van der Waals surface area (Å²) in [5.41, 5.74) is 5.67. The number of carbonyl (C=O) groups excluding carboxylic acids is 3. The number of carboxylic acid groups (broad SMARTS) is 1. The summed E-state index contributed by atoms with van der Waals surface area (Å²) < 4.78 is 0. The van der Waals surface area contributed by atoms with Crippen LogP contribution in [0.1, 0.15) is 53.9 Å². The highest BCUT2D eigenvalue weighted by molar-refractivity contribution is 7.98. The molecule has 0 aromatic rings. The van der Waals surface area contributed by atoms with E-state index in [1.807, 2.05) is 20.1 Å². The van der Waals surface area contributed by atoms with Gasteiger partial charge in [0.05, 0.1) is 6.10 Å². The predicted molar refractivity (Wildman–Crippen MR) is 125 cm³/mol. The van der Waals surface area contributed by atoms with E-state index in [2.05, 4.69) is 16.0 Å². The number of aliphatic hydroxyl groups excluding tert-OH is 1. The summed E-state index contributed by atoms with van der Waals surface area (Å²) in [6, 6.07) is -4.20. The summed E-state index contributed by atoms with van der Waals surface area (Å²) in [5.74, 6) is -2.96. The van der Waals surface area contributed by atoms with E-state index in [9.17, 15) is 29.4 Å². The maximum atomic E-state index is 13.0. The van der Waals surface area contributed by atoms with Crippen LogP contribution in [0.25, 0.3) is 0 Å². The van der Waals surface area contributed by atoms with Gasteiger partial charge in [0.15, 0.2) is 0 Å². The quantitative estimate of drug-likeness (QED) is 0.193. The van der Waals surface area contributed by atoms with Crippen LogP contribution in [0, 0.1) is 11.8 Å². The van der Waals surface area contributed by atoms with Gasteiger partial charge in [-0.2, -0.15) is 11.8 Å². The third kappa shape index (κ3) is 9.74. The summed E-state index contributed by atoms with van der Waals surface area (Å²) in [6.45, 7) is 8.57. The van der Waals surface area contributed by atoms with Crippen molar-refractivity contribution < 1.29 is 29.4 Å². The average molecular weight is 477 g/mol. The molecule has 0 aliphatic heterocycles. The molecule has 0 aromatic heterocycles. The molecule has 10 nitrogen and oxygen atoms in total. The number of aliphatic carboxylic acids is 1. The zero-order valence-electron chi connectivity index (χ0n) is 19.9. The van der Waals surface area contributed by atoms with Crippen LogP contribution in [-0.2, 0) is 19.2 Å². The molecule has 3 amide bonds. The van der Waals surface area contributed by atoms with Gasteiger partial charge in [0.2, 0.25) is 17.7 Å². The maximum absolute atomic E-state index is 13.0. The Balaban J connectivity index is 5.56. The molecule has 0 saturated carbocycles. The first-order valence-corrected chi connectivity index (χ1v) is 12.4. The summed E-state index contributed by atoms with van der Waals surface area (Å²) in [7, 11) is 0. The van der Waals surface area contributed by atoms with Crippen molar-refractivity contribution in [3.05, 3.63) is 0 Å². The molecule has 0 fully saturated rings. The van der Waals surface area contributed by atoms with Crippen molar-refractivity contribution in [1.82, 2.24) is 16.0 Å². The second kappa shape index (κ2) is 15.1. The largest absolute Gasteiger partial charge is 0.480 e.